The van der Waals surface area contributed by atoms with Gasteiger partial charge in [0.15, 0.2) is 0 Å². The van der Waals surface area contributed by atoms with Crippen LogP contribution in [0.15, 0.2) is 72.1 Å². The van der Waals surface area contributed by atoms with Crippen LogP contribution in [0.5, 0.6) is 0 Å². The largest absolute Gasteiger partial charge is 0.444 e. The average molecular weight is 289 g/mol. The minimum Gasteiger partial charge on any atom is -0.444 e. The Kier molecular flexibility index (Phi) is 2.97. The van der Waals surface area contributed by atoms with Crippen LogP contribution < -0.4 is 0 Å². The molecule has 0 atom stereocenters. The molecule has 0 saturated carbocycles. The summed E-state index contributed by atoms with van der Waals surface area (Å²) in [5.74, 6) is 0.565. The Morgan fingerprint density at radius 2 is 1.95 bits per heavy atom. The Bertz CT molecular complexity index is 884. The van der Waals surface area contributed by atoms with Gasteiger partial charge in [0.1, 0.15) is 12.6 Å². The van der Waals surface area contributed by atoms with E-state index >= 15 is 0 Å². The third-order valence-corrected chi connectivity index (χ3v) is 3.27. The lowest BCUT2D eigenvalue weighted by Crippen LogP contribution is -1.97. The van der Waals surface area contributed by atoms with Gasteiger partial charge in [0.05, 0.1) is 29.3 Å². The molecule has 3 aromatic heterocycles. The van der Waals surface area contributed by atoms with Gasteiger partial charge < -0.3 is 4.42 Å². The first-order chi connectivity index (χ1) is 10.9. The van der Waals surface area contributed by atoms with E-state index in [2.05, 4.69) is 20.1 Å². The number of rotatable bonds is 3. The van der Waals surface area contributed by atoms with E-state index in [0.29, 0.717) is 5.89 Å². The van der Waals surface area contributed by atoms with Gasteiger partial charge in [-0.25, -0.2) is 19.6 Å². The number of para-hydroxylation sites is 1. The summed E-state index contributed by atoms with van der Waals surface area (Å²) in [5.41, 5.74) is 3.52. The fourth-order valence-corrected chi connectivity index (χ4v) is 2.26. The van der Waals surface area contributed by atoms with Crippen LogP contribution in [0, 0.1) is 0 Å². The van der Waals surface area contributed by atoms with Crippen LogP contribution in [0.25, 0.3) is 28.4 Å². The van der Waals surface area contributed by atoms with Crippen molar-refractivity contribution in [3.63, 3.8) is 0 Å². The minimum absolute atomic E-state index is 0.565. The lowest BCUT2D eigenvalue weighted by molar-refractivity contribution is 0.574. The zero-order valence-corrected chi connectivity index (χ0v) is 11.5. The van der Waals surface area contributed by atoms with Crippen LogP contribution in [0.4, 0.5) is 0 Å². The fraction of sp³-hybridized carbons (Fsp3) is 0. The molecule has 3 heterocycles. The van der Waals surface area contributed by atoms with Crippen LogP contribution in [0.1, 0.15) is 0 Å². The molecule has 1 aromatic carbocycles. The number of hydrogen-bond donors (Lipinski definition) is 0. The second kappa shape index (κ2) is 5.25. The van der Waals surface area contributed by atoms with Gasteiger partial charge in [0, 0.05) is 18.0 Å². The summed E-state index contributed by atoms with van der Waals surface area (Å²) in [6.07, 6.45) is 10.1. The normalized spacial score (nSPS) is 10.7. The molecule has 4 aromatic rings. The van der Waals surface area contributed by atoms with E-state index in [0.717, 1.165) is 22.5 Å². The summed E-state index contributed by atoms with van der Waals surface area (Å²) < 4.78 is 7.19. The summed E-state index contributed by atoms with van der Waals surface area (Å²) >= 11 is 0. The van der Waals surface area contributed by atoms with Crippen LogP contribution in [0.3, 0.4) is 0 Å². The van der Waals surface area contributed by atoms with Crippen LogP contribution in [-0.4, -0.2) is 24.7 Å². The molecule has 0 radical (unpaired) electrons. The monoisotopic (exact) mass is 289 g/mol. The Balaban J connectivity index is 1.80. The van der Waals surface area contributed by atoms with Crippen LogP contribution in [0.2, 0.25) is 0 Å². The van der Waals surface area contributed by atoms with Gasteiger partial charge in [0.25, 0.3) is 0 Å². The van der Waals surface area contributed by atoms with E-state index in [1.165, 1.54) is 6.33 Å². The highest BCUT2D eigenvalue weighted by Crippen LogP contribution is 2.26. The van der Waals surface area contributed by atoms with E-state index < -0.39 is 0 Å². The van der Waals surface area contributed by atoms with Crippen LogP contribution in [-0.2, 0) is 0 Å². The number of oxazole rings is 1. The molecule has 0 aliphatic heterocycles. The second-order valence-electron chi connectivity index (χ2n) is 4.62. The van der Waals surface area contributed by atoms with Crippen molar-refractivity contribution in [2.24, 2.45) is 0 Å². The Morgan fingerprint density at radius 3 is 2.77 bits per heavy atom. The summed E-state index contributed by atoms with van der Waals surface area (Å²) in [6, 6.07) is 9.66. The molecule has 6 nitrogen and oxygen atoms in total. The van der Waals surface area contributed by atoms with E-state index in [1.54, 1.807) is 29.5 Å². The number of hydrogen-bond acceptors (Lipinski definition) is 5. The molecule has 0 amide bonds. The zero-order valence-electron chi connectivity index (χ0n) is 11.5. The summed E-state index contributed by atoms with van der Waals surface area (Å²) in [4.78, 5) is 12.4. The van der Waals surface area contributed by atoms with E-state index in [-0.39, 0.29) is 0 Å². The number of aromatic nitrogens is 5. The number of benzene rings is 1. The fourth-order valence-electron chi connectivity index (χ4n) is 2.26. The molecule has 0 spiro atoms. The molecule has 0 bridgehead atoms. The van der Waals surface area contributed by atoms with Gasteiger partial charge in [-0.2, -0.15) is 5.10 Å². The third-order valence-electron chi connectivity index (χ3n) is 3.27. The maximum Gasteiger partial charge on any atom is 0.228 e. The second-order valence-corrected chi connectivity index (χ2v) is 4.62. The van der Waals surface area contributed by atoms with Crippen molar-refractivity contribution in [3.05, 3.63) is 67.7 Å². The third kappa shape index (κ3) is 2.16. The predicted molar refractivity (Wildman–Crippen MR) is 80.1 cm³/mol. The molecule has 0 fully saturated rings. The molecular formula is C16H11N5O. The lowest BCUT2D eigenvalue weighted by Gasteiger charge is -2.06. The van der Waals surface area contributed by atoms with Gasteiger partial charge >= 0.3 is 0 Å². The van der Waals surface area contributed by atoms with Crippen molar-refractivity contribution in [2.75, 3.05) is 0 Å². The maximum absolute atomic E-state index is 5.40. The molecule has 0 N–H and O–H groups in total. The van der Waals surface area contributed by atoms with Crippen molar-refractivity contribution >= 4 is 0 Å². The van der Waals surface area contributed by atoms with Gasteiger partial charge in [-0.3, -0.25) is 0 Å². The van der Waals surface area contributed by atoms with Gasteiger partial charge in [0.2, 0.25) is 5.89 Å². The van der Waals surface area contributed by atoms with E-state index in [4.69, 9.17) is 4.42 Å². The van der Waals surface area contributed by atoms with Crippen LogP contribution >= 0.6 is 0 Å². The predicted octanol–water partition coefficient (Wildman–Crippen LogP) is 2.98. The summed E-state index contributed by atoms with van der Waals surface area (Å²) in [7, 11) is 0. The molecular weight excluding hydrogens is 278 g/mol. The molecule has 0 aliphatic carbocycles. The first-order valence-electron chi connectivity index (χ1n) is 6.72. The maximum atomic E-state index is 5.40. The molecule has 106 valence electrons. The van der Waals surface area contributed by atoms with Gasteiger partial charge in [-0.15, -0.1) is 0 Å². The van der Waals surface area contributed by atoms with E-state index in [9.17, 15) is 0 Å². The Hall–Kier alpha value is -3.28. The molecule has 0 aliphatic rings. The molecule has 0 unspecified atom stereocenters. The average Bonchev–Trinajstić information content (AvgIpc) is 3.28. The summed E-state index contributed by atoms with van der Waals surface area (Å²) in [5, 5.41) is 4.42. The first kappa shape index (κ1) is 12.5. The molecule has 6 heteroatoms. The van der Waals surface area contributed by atoms with E-state index in [1.807, 2.05) is 36.5 Å². The van der Waals surface area contributed by atoms with Crippen molar-refractivity contribution < 1.29 is 4.42 Å². The van der Waals surface area contributed by atoms with Gasteiger partial charge in [-0.1, -0.05) is 12.1 Å². The highest BCUT2D eigenvalue weighted by Gasteiger charge is 2.12. The Morgan fingerprint density at radius 1 is 1.00 bits per heavy atom. The first-order valence-corrected chi connectivity index (χ1v) is 6.72. The molecule has 0 saturated heterocycles. The molecule has 22 heavy (non-hydrogen) atoms. The van der Waals surface area contributed by atoms with Crippen molar-refractivity contribution in [2.45, 2.75) is 0 Å². The Labute approximate surface area is 126 Å². The quantitative estimate of drug-likeness (QED) is 0.580. The van der Waals surface area contributed by atoms with Gasteiger partial charge in [-0.05, 0) is 18.2 Å². The smallest absolute Gasteiger partial charge is 0.228 e. The zero-order chi connectivity index (χ0) is 14.8. The minimum atomic E-state index is 0.565. The topological polar surface area (TPSA) is 69.6 Å². The lowest BCUT2D eigenvalue weighted by atomic mass is 10.2. The standard InChI is InChI=1S/C16H11N5O/c1-2-4-15(13(3-1)16-18-7-8-22-16)21-10-12(9-20-21)14-5-6-17-11-19-14/h1-11H. The van der Waals surface area contributed by atoms with Crippen molar-refractivity contribution in [3.8, 4) is 28.4 Å². The number of nitrogens with zero attached hydrogens (tertiary/aromatic N) is 5. The van der Waals surface area contributed by atoms with Crippen molar-refractivity contribution in [1.29, 1.82) is 0 Å². The summed E-state index contributed by atoms with van der Waals surface area (Å²) in [6.45, 7) is 0. The highest BCUT2D eigenvalue weighted by atomic mass is 16.3. The SMILES string of the molecule is c1ccc(-n2cc(-c3ccncn3)cn2)c(-c2ncco2)c1. The highest BCUT2D eigenvalue weighted by molar-refractivity contribution is 5.67. The molecule has 4 rings (SSSR count). The van der Waals surface area contributed by atoms with Crippen molar-refractivity contribution in [1.82, 2.24) is 24.7 Å².